The lowest BCUT2D eigenvalue weighted by Crippen LogP contribution is -2.52. The minimum absolute atomic E-state index is 0.0737. The molecule has 8 nitrogen and oxygen atoms in total. The molecule has 8 heteroatoms. The number of alkyl carbamates (subject to hydrolysis) is 1. The van der Waals surface area contributed by atoms with Crippen molar-refractivity contribution in [2.45, 2.75) is 77.6 Å². The summed E-state index contributed by atoms with van der Waals surface area (Å²) in [5, 5.41) is 15.0. The lowest BCUT2D eigenvalue weighted by Gasteiger charge is -2.34. The van der Waals surface area contributed by atoms with Gasteiger partial charge in [0.25, 0.3) is 0 Å². The van der Waals surface area contributed by atoms with Gasteiger partial charge in [-0.3, -0.25) is 9.59 Å². The van der Waals surface area contributed by atoms with Crippen molar-refractivity contribution in [3.05, 3.63) is 29.8 Å². The van der Waals surface area contributed by atoms with E-state index in [-0.39, 0.29) is 30.2 Å². The van der Waals surface area contributed by atoms with Crippen LogP contribution in [-0.4, -0.2) is 51.6 Å². The molecule has 0 aromatic heterocycles. The number of nitrogens with one attached hydrogen (secondary N) is 2. The minimum atomic E-state index is -0.870. The van der Waals surface area contributed by atoms with E-state index in [9.17, 15) is 19.5 Å². The van der Waals surface area contributed by atoms with Crippen LogP contribution >= 0.6 is 0 Å². The fourth-order valence-electron chi connectivity index (χ4n) is 3.00. The Morgan fingerprint density at radius 3 is 2.13 bits per heavy atom. The van der Waals surface area contributed by atoms with E-state index in [1.165, 1.54) is 17.0 Å². The van der Waals surface area contributed by atoms with Gasteiger partial charge in [-0.2, -0.15) is 0 Å². The summed E-state index contributed by atoms with van der Waals surface area (Å²) in [5.41, 5.74) is -0.573. The lowest BCUT2D eigenvalue weighted by molar-refractivity contribution is -0.141. The van der Waals surface area contributed by atoms with Crippen molar-refractivity contribution in [1.82, 2.24) is 15.5 Å². The second kappa shape index (κ2) is 8.93. The predicted molar refractivity (Wildman–Crippen MR) is 113 cm³/mol. The number of amides is 3. The summed E-state index contributed by atoms with van der Waals surface area (Å²) in [6, 6.07) is 5.29. The molecule has 1 aromatic carbocycles. The SMILES string of the molecule is CC(C)(C)NC(=O)C(c1ccc(O)cc1)N(C(=O)CNC(=O)OC(C)(C)C)C1CC1. The minimum Gasteiger partial charge on any atom is -0.508 e. The fourth-order valence-corrected chi connectivity index (χ4v) is 3.00. The molecule has 1 fully saturated rings. The monoisotopic (exact) mass is 419 g/mol. The van der Waals surface area contributed by atoms with Gasteiger partial charge >= 0.3 is 6.09 Å². The van der Waals surface area contributed by atoms with E-state index in [2.05, 4.69) is 10.6 Å². The number of hydrogen-bond acceptors (Lipinski definition) is 5. The number of carbonyl (C=O) groups excluding carboxylic acids is 3. The normalized spacial score (nSPS) is 15.1. The molecule has 1 atom stereocenters. The highest BCUT2D eigenvalue weighted by Gasteiger charge is 2.42. The number of benzene rings is 1. The molecule has 1 aliphatic rings. The van der Waals surface area contributed by atoms with E-state index >= 15 is 0 Å². The molecule has 0 aliphatic heterocycles. The highest BCUT2D eigenvalue weighted by atomic mass is 16.6. The van der Waals surface area contributed by atoms with Gasteiger partial charge in [-0.15, -0.1) is 0 Å². The molecule has 30 heavy (non-hydrogen) atoms. The zero-order valence-corrected chi connectivity index (χ0v) is 18.6. The molecule has 0 spiro atoms. The first kappa shape index (κ1) is 23.5. The van der Waals surface area contributed by atoms with E-state index in [0.717, 1.165) is 12.8 Å². The van der Waals surface area contributed by atoms with Gasteiger partial charge in [0.1, 0.15) is 23.9 Å². The predicted octanol–water partition coefficient (Wildman–Crippen LogP) is 2.86. The second-order valence-corrected chi connectivity index (χ2v) is 9.62. The van der Waals surface area contributed by atoms with Gasteiger partial charge in [-0.1, -0.05) is 12.1 Å². The fraction of sp³-hybridized carbons (Fsp3) is 0.591. The number of hydrogen-bond donors (Lipinski definition) is 3. The first-order valence-electron chi connectivity index (χ1n) is 10.2. The van der Waals surface area contributed by atoms with Crippen LogP contribution in [0.15, 0.2) is 24.3 Å². The smallest absolute Gasteiger partial charge is 0.408 e. The summed E-state index contributed by atoms with van der Waals surface area (Å²) in [7, 11) is 0. The average Bonchev–Trinajstić information content (AvgIpc) is 3.40. The van der Waals surface area contributed by atoms with Gasteiger partial charge in [0.05, 0.1) is 0 Å². The van der Waals surface area contributed by atoms with Crippen molar-refractivity contribution in [1.29, 1.82) is 0 Å². The van der Waals surface area contributed by atoms with Gasteiger partial charge in [0, 0.05) is 11.6 Å². The maximum Gasteiger partial charge on any atom is 0.408 e. The highest BCUT2D eigenvalue weighted by Crippen LogP contribution is 2.35. The second-order valence-electron chi connectivity index (χ2n) is 9.62. The van der Waals surface area contributed by atoms with E-state index in [1.54, 1.807) is 32.9 Å². The van der Waals surface area contributed by atoms with E-state index in [0.29, 0.717) is 5.56 Å². The third kappa shape index (κ3) is 7.24. The Morgan fingerprint density at radius 2 is 1.67 bits per heavy atom. The van der Waals surface area contributed by atoms with Gasteiger partial charge < -0.3 is 25.4 Å². The maximum absolute atomic E-state index is 13.2. The number of aromatic hydroxyl groups is 1. The van der Waals surface area contributed by atoms with Crippen molar-refractivity contribution < 1.29 is 24.2 Å². The molecule has 0 radical (unpaired) electrons. The molecule has 2 rings (SSSR count). The van der Waals surface area contributed by atoms with Crippen LogP contribution in [0.5, 0.6) is 5.75 Å². The van der Waals surface area contributed by atoms with Gasteiger partial charge in [0.2, 0.25) is 11.8 Å². The first-order chi connectivity index (χ1) is 13.8. The molecular formula is C22H33N3O5. The Bertz CT molecular complexity index is 773. The molecule has 0 saturated heterocycles. The summed E-state index contributed by atoms with van der Waals surface area (Å²) in [6.07, 6.45) is 0.886. The summed E-state index contributed by atoms with van der Waals surface area (Å²) < 4.78 is 5.19. The van der Waals surface area contributed by atoms with Crippen LogP contribution in [0.4, 0.5) is 4.79 Å². The maximum atomic E-state index is 13.2. The topological polar surface area (TPSA) is 108 Å². The van der Waals surface area contributed by atoms with Crippen molar-refractivity contribution in [2.75, 3.05) is 6.54 Å². The summed E-state index contributed by atoms with van der Waals surface area (Å²) in [5.74, 6) is -0.610. The quantitative estimate of drug-likeness (QED) is 0.657. The van der Waals surface area contributed by atoms with Crippen molar-refractivity contribution in [2.24, 2.45) is 0 Å². The summed E-state index contributed by atoms with van der Waals surface area (Å²) >= 11 is 0. The number of phenolic OH excluding ortho intramolecular Hbond substituents is 1. The summed E-state index contributed by atoms with van der Waals surface area (Å²) in [6.45, 7) is 10.5. The average molecular weight is 420 g/mol. The Morgan fingerprint density at radius 1 is 1.10 bits per heavy atom. The number of phenols is 1. The zero-order valence-electron chi connectivity index (χ0n) is 18.6. The van der Waals surface area contributed by atoms with Crippen molar-refractivity contribution in [3.63, 3.8) is 0 Å². The Labute approximate surface area is 178 Å². The van der Waals surface area contributed by atoms with Crippen LogP contribution in [0.1, 0.15) is 66.0 Å². The number of rotatable bonds is 6. The standard InChI is InChI=1S/C22H33N3O5/c1-21(2,3)24-19(28)18(14-7-11-16(26)12-8-14)25(15-9-10-15)17(27)13-23-20(29)30-22(4,5)6/h7-8,11-12,15,18,26H,9-10,13H2,1-6H3,(H,23,29)(H,24,28). The Kier molecular flexibility index (Phi) is 7.00. The summed E-state index contributed by atoms with van der Waals surface area (Å²) in [4.78, 5) is 39.7. The van der Waals surface area contributed by atoms with Crippen LogP contribution in [0.25, 0.3) is 0 Å². The molecule has 166 valence electrons. The van der Waals surface area contributed by atoms with Crippen molar-refractivity contribution in [3.8, 4) is 5.75 Å². The molecule has 1 unspecified atom stereocenters. The zero-order chi connectivity index (χ0) is 22.7. The van der Waals surface area contributed by atoms with Crippen LogP contribution in [0, 0.1) is 0 Å². The molecule has 0 bridgehead atoms. The highest BCUT2D eigenvalue weighted by molar-refractivity contribution is 5.91. The van der Waals surface area contributed by atoms with E-state index in [1.807, 2.05) is 20.8 Å². The number of carbonyl (C=O) groups is 3. The largest absolute Gasteiger partial charge is 0.508 e. The molecule has 1 saturated carbocycles. The third-order valence-electron chi connectivity index (χ3n) is 4.24. The number of ether oxygens (including phenoxy) is 1. The molecule has 0 heterocycles. The Balaban J connectivity index is 2.25. The van der Waals surface area contributed by atoms with Crippen molar-refractivity contribution >= 4 is 17.9 Å². The lowest BCUT2D eigenvalue weighted by atomic mass is 10.0. The first-order valence-corrected chi connectivity index (χ1v) is 10.2. The van der Waals surface area contributed by atoms with E-state index in [4.69, 9.17) is 4.74 Å². The van der Waals surface area contributed by atoms with Crippen LogP contribution in [0.2, 0.25) is 0 Å². The van der Waals surface area contributed by atoms with Gasteiger partial charge in [0.15, 0.2) is 0 Å². The molecule has 3 N–H and O–H groups in total. The Hall–Kier alpha value is -2.77. The van der Waals surface area contributed by atoms with Gasteiger partial charge in [-0.25, -0.2) is 4.79 Å². The van der Waals surface area contributed by atoms with Crippen LogP contribution in [0.3, 0.4) is 0 Å². The molecule has 3 amide bonds. The van der Waals surface area contributed by atoms with Gasteiger partial charge in [-0.05, 0) is 72.1 Å². The molecular weight excluding hydrogens is 386 g/mol. The van der Waals surface area contributed by atoms with Crippen LogP contribution in [-0.2, 0) is 14.3 Å². The molecule has 1 aromatic rings. The molecule has 1 aliphatic carbocycles. The van der Waals surface area contributed by atoms with E-state index < -0.39 is 23.3 Å². The third-order valence-corrected chi connectivity index (χ3v) is 4.24. The van der Waals surface area contributed by atoms with Crippen LogP contribution < -0.4 is 10.6 Å². The number of nitrogens with zero attached hydrogens (tertiary/aromatic N) is 1.